The van der Waals surface area contributed by atoms with E-state index in [1.807, 2.05) is 23.8 Å². The number of nitrogens with one attached hydrogen (secondary N) is 1. The van der Waals surface area contributed by atoms with Crippen LogP contribution < -0.4 is 5.32 Å². The maximum Gasteiger partial charge on any atom is 0.328 e. The number of nitrogens with zero attached hydrogens (tertiary/aromatic N) is 5. The predicted octanol–water partition coefficient (Wildman–Crippen LogP) is 0.815. The SMILES string of the molecule is CCN1N=C(C)CN2C3C(=O)N(Cc4ccccc4F)C(=O)N(C)C3NC12. The van der Waals surface area contributed by atoms with Crippen LogP contribution in [0.1, 0.15) is 19.4 Å². The topological polar surface area (TPSA) is 71.5 Å². The van der Waals surface area contributed by atoms with E-state index in [4.69, 9.17) is 0 Å². The van der Waals surface area contributed by atoms with E-state index in [1.54, 1.807) is 25.2 Å². The molecule has 2 fully saturated rings. The highest BCUT2D eigenvalue weighted by molar-refractivity contribution is 6.01. The molecule has 0 aromatic heterocycles. The van der Waals surface area contributed by atoms with Gasteiger partial charge in [-0.3, -0.25) is 20.0 Å². The van der Waals surface area contributed by atoms with E-state index in [0.717, 1.165) is 10.6 Å². The lowest BCUT2D eigenvalue weighted by atomic mass is 10.1. The number of rotatable bonds is 3. The summed E-state index contributed by atoms with van der Waals surface area (Å²) < 4.78 is 14.1. The van der Waals surface area contributed by atoms with Gasteiger partial charge in [-0.2, -0.15) is 5.10 Å². The number of fused-ring (bicyclic) bond motifs is 3. The van der Waals surface area contributed by atoms with E-state index in [2.05, 4.69) is 10.4 Å². The van der Waals surface area contributed by atoms with Gasteiger partial charge in [0.05, 0.1) is 6.54 Å². The Hall–Kier alpha value is -2.52. The summed E-state index contributed by atoms with van der Waals surface area (Å²) in [7, 11) is 1.66. The number of likely N-dealkylation sites (N-methyl/N-ethyl adjacent to an activating group) is 1. The predicted molar refractivity (Wildman–Crippen MR) is 96.8 cm³/mol. The molecule has 27 heavy (non-hydrogen) atoms. The molecule has 3 heterocycles. The number of amides is 3. The number of carbonyl (C=O) groups is 2. The molecule has 3 aliphatic rings. The summed E-state index contributed by atoms with van der Waals surface area (Å²) in [6.07, 6.45) is -0.691. The first-order valence-corrected chi connectivity index (χ1v) is 9.06. The highest BCUT2D eigenvalue weighted by Crippen LogP contribution is 2.30. The van der Waals surface area contributed by atoms with Gasteiger partial charge in [0.2, 0.25) is 0 Å². The van der Waals surface area contributed by atoms with E-state index in [9.17, 15) is 14.0 Å². The summed E-state index contributed by atoms with van der Waals surface area (Å²) in [6.45, 7) is 5.05. The third-order valence-electron chi connectivity index (χ3n) is 5.36. The van der Waals surface area contributed by atoms with Gasteiger partial charge in [-0.25, -0.2) is 14.1 Å². The first-order chi connectivity index (χ1) is 12.9. The van der Waals surface area contributed by atoms with Crippen molar-refractivity contribution in [2.75, 3.05) is 20.1 Å². The quantitative estimate of drug-likeness (QED) is 0.848. The Morgan fingerprint density at radius 2 is 2.04 bits per heavy atom. The molecule has 0 spiro atoms. The largest absolute Gasteiger partial charge is 0.328 e. The van der Waals surface area contributed by atoms with Gasteiger partial charge in [-0.15, -0.1) is 0 Å². The number of hydrogen-bond donors (Lipinski definition) is 1. The van der Waals surface area contributed by atoms with Gasteiger partial charge in [-0.1, -0.05) is 18.2 Å². The Morgan fingerprint density at radius 1 is 1.30 bits per heavy atom. The van der Waals surface area contributed by atoms with Crippen LogP contribution in [-0.4, -0.2) is 76.0 Å². The van der Waals surface area contributed by atoms with E-state index in [1.165, 1.54) is 11.0 Å². The van der Waals surface area contributed by atoms with Crippen LogP contribution in [0, 0.1) is 5.82 Å². The van der Waals surface area contributed by atoms with Crippen LogP contribution in [0.25, 0.3) is 0 Å². The summed E-state index contributed by atoms with van der Waals surface area (Å²) in [5.74, 6) is -0.740. The Kier molecular flexibility index (Phi) is 4.35. The van der Waals surface area contributed by atoms with Crippen LogP contribution in [-0.2, 0) is 11.3 Å². The normalized spacial score (nSPS) is 28.4. The number of hydrazone groups is 1. The molecule has 3 unspecified atom stereocenters. The fourth-order valence-electron chi connectivity index (χ4n) is 4.03. The lowest BCUT2D eigenvalue weighted by molar-refractivity contribution is -0.139. The van der Waals surface area contributed by atoms with Crippen molar-refractivity contribution in [3.63, 3.8) is 0 Å². The minimum Gasteiger partial charge on any atom is -0.310 e. The number of halogens is 1. The lowest BCUT2D eigenvalue weighted by Gasteiger charge is -2.42. The molecule has 0 aliphatic carbocycles. The van der Waals surface area contributed by atoms with Gasteiger partial charge in [0.1, 0.15) is 18.0 Å². The van der Waals surface area contributed by atoms with Crippen LogP contribution in [0.2, 0.25) is 0 Å². The molecule has 3 amide bonds. The van der Waals surface area contributed by atoms with Gasteiger partial charge in [-0.05, 0) is 19.9 Å². The average molecular weight is 374 g/mol. The van der Waals surface area contributed by atoms with Crippen LogP contribution in [0.5, 0.6) is 0 Å². The van der Waals surface area contributed by atoms with Crippen molar-refractivity contribution in [1.82, 2.24) is 25.0 Å². The van der Waals surface area contributed by atoms with Crippen molar-refractivity contribution in [1.29, 1.82) is 0 Å². The monoisotopic (exact) mass is 374 g/mol. The molecule has 144 valence electrons. The zero-order valence-electron chi connectivity index (χ0n) is 15.6. The van der Waals surface area contributed by atoms with Crippen molar-refractivity contribution >= 4 is 17.6 Å². The van der Waals surface area contributed by atoms with E-state index in [0.29, 0.717) is 18.7 Å². The second-order valence-electron chi connectivity index (χ2n) is 7.10. The smallest absolute Gasteiger partial charge is 0.310 e. The summed E-state index contributed by atoms with van der Waals surface area (Å²) in [5, 5.41) is 9.77. The highest BCUT2D eigenvalue weighted by Gasteiger charge is 2.56. The van der Waals surface area contributed by atoms with Crippen LogP contribution in [0.3, 0.4) is 0 Å². The van der Waals surface area contributed by atoms with Crippen LogP contribution >= 0.6 is 0 Å². The average Bonchev–Trinajstić information content (AvgIpc) is 3.03. The minimum absolute atomic E-state index is 0.0824. The lowest BCUT2D eigenvalue weighted by Crippen LogP contribution is -2.66. The first kappa shape index (κ1) is 17.9. The van der Waals surface area contributed by atoms with E-state index in [-0.39, 0.29) is 18.7 Å². The van der Waals surface area contributed by atoms with E-state index >= 15 is 0 Å². The van der Waals surface area contributed by atoms with Gasteiger partial charge in [0, 0.05) is 31.4 Å². The Morgan fingerprint density at radius 3 is 2.74 bits per heavy atom. The number of urea groups is 1. The van der Waals surface area contributed by atoms with Gasteiger partial charge in [0.25, 0.3) is 5.91 Å². The third-order valence-corrected chi connectivity index (χ3v) is 5.36. The molecular formula is C18H23FN6O2. The molecule has 2 saturated heterocycles. The summed E-state index contributed by atoms with van der Waals surface area (Å²) in [6, 6.07) is 5.23. The molecule has 3 aliphatic heterocycles. The molecule has 4 rings (SSSR count). The van der Waals surface area contributed by atoms with Crippen molar-refractivity contribution in [3.8, 4) is 0 Å². The van der Waals surface area contributed by atoms with E-state index < -0.39 is 24.1 Å². The summed E-state index contributed by atoms with van der Waals surface area (Å²) >= 11 is 0. The van der Waals surface area contributed by atoms with Crippen LogP contribution in [0.4, 0.5) is 9.18 Å². The van der Waals surface area contributed by atoms with Gasteiger partial charge < -0.3 is 4.90 Å². The Bertz CT molecular complexity index is 815. The van der Waals surface area contributed by atoms with Crippen molar-refractivity contribution < 1.29 is 14.0 Å². The van der Waals surface area contributed by atoms with Crippen molar-refractivity contribution in [2.45, 2.75) is 38.9 Å². The minimum atomic E-state index is -0.538. The molecular weight excluding hydrogens is 351 g/mol. The zero-order chi connectivity index (χ0) is 19.3. The number of imide groups is 1. The number of benzene rings is 1. The Balaban J connectivity index is 1.65. The fourth-order valence-corrected chi connectivity index (χ4v) is 4.03. The second kappa shape index (κ2) is 6.58. The fraction of sp³-hybridized carbons (Fsp3) is 0.500. The summed E-state index contributed by atoms with van der Waals surface area (Å²) in [4.78, 5) is 30.8. The molecule has 0 radical (unpaired) electrons. The molecule has 8 nitrogen and oxygen atoms in total. The van der Waals surface area contributed by atoms with Crippen molar-refractivity contribution in [3.05, 3.63) is 35.6 Å². The number of carbonyl (C=O) groups excluding carboxylic acids is 2. The highest BCUT2D eigenvalue weighted by atomic mass is 19.1. The third kappa shape index (κ3) is 2.78. The van der Waals surface area contributed by atoms with Crippen LogP contribution in [0.15, 0.2) is 29.4 Å². The van der Waals surface area contributed by atoms with Gasteiger partial charge in [0.15, 0.2) is 6.29 Å². The molecule has 1 aromatic rings. The molecule has 0 saturated carbocycles. The molecule has 0 bridgehead atoms. The zero-order valence-corrected chi connectivity index (χ0v) is 15.6. The number of hydrogen-bond acceptors (Lipinski definition) is 6. The molecule has 9 heteroatoms. The first-order valence-electron chi connectivity index (χ1n) is 9.06. The maximum absolute atomic E-state index is 14.1. The Labute approximate surface area is 157 Å². The molecule has 1 N–H and O–H groups in total. The molecule has 3 atom stereocenters. The molecule has 1 aromatic carbocycles. The van der Waals surface area contributed by atoms with Gasteiger partial charge >= 0.3 is 6.03 Å². The maximum atomic E-state index is 14.1. The standard InChI is InChI=1S/C18H23FN6O2/c1-4-25-17-20-15-14(23(17)9-11(2)21-25)16(26)24(18(27)22(15)3)10-12-7-5-6-8-13(12)19/h5-8,14-15,17,20H,4,9-10H2,1-3H3. The summed E-state index contributed by atoms with van der Waals surface area (Å²) in [5.41, 5.74) is 1.23. The second-order valence-corrected chi connectivity index (χ2v) is 7.10. The van der Waals surface area contributed by atoms with Crippen molar-refractivity contribution in [2.24, 2.45) is 5.10 Å².